The summed E-state index contributed by atoms with van der Waals surface area (Å²) in [6, 6.07) is 6.47. The van der Waals surface area contributed by atoms with Crippen LogP contribution in [0.15, 0.2) is 18.2 Å². The molecule has 0 heterocycles. The van der Waals surface area contributed by atoms with E-state index < -0.39 is 4.92 Å². The van der Waals surface area contributed by atoms with Crippen molar-refractivity contribution < 1.29 is 4.92 Å². The highest BCUT2D eigenvalue weighted by Crippen LogP contribution is 2.26. The van der Waals surface area contributed by atoms with Gasteiger partial charge in [-0.1, -0.05) is 6.92 Å². The molecule has 0 spiro atoms. The second kappa shape index (κ2) is 5.12. The number of nitrogens with one attached hydrogen (secondary N) is 1. The van der Waals surface area contributed by atoms with Crippen LogP contribution in [-0.4, -0.2) is 11.0 Å². The molecule has 1 rings (SSSR count). The van der Waals surface area contributed by atoms with Crippen molar-refractivity contribution in [3.05, 3.63) is 33.9 Å². The van der Waals surface area contributed by atoms with Crippen molar-refractivity contribution in [1.82, 2.24) is 0 Å². The largest absolute Gasteiger partial charge is 0.377 e. The van der Waals surface area contributed by atoms with E-state index in [9.17, 15) is 10.1 Å². The standard InChI is InChI=1S/C11H13N3O2/c1-3-8(2)13-10-5-4-9(7-12)6-11(10)14(15)16/h4-6,8,13H,3H2,1-2H3/t8-/m1/s1. The monoisotopic (exact) mass is 219 g/mol. The van der Waals surface area contributed by atoms with E-state index in [4.69, 9.17) is 5.26 Å². The SMILES string of the molecule is CC[C@@H](C)Nc1ccc(C#N)cc1[N+](=O)[O-]. The first-order chi connectivity index (χ1) is 7.58. The van der Waals surface area contributed by atoms with Crippen molar-refractivity contribution in [3.63, 3.8) is 0 Å². The van der Waals surface area contributed by atoms with E-state index in [1.807, 2.05) is 19.9 Å². The third-order valence-electron chi connectivity index (χ3n) is 2.34. The van der Waals surface area contributed by atoms with E-state index in [-0.39, 0.29) is 11.7 Å². The van der Waals surface area contributed by atoms with Gasteiger partial charge in [-0.2, -0.15) is 5.26 Å². The number of nitro benzene ring substituents is 1. The highest BCUT2D eigenvalue weighted by molar-refractivity contribution is 5.64. The number of hydrogen-bond donors (Lipinski definition) is 1. The average Bonchev–Trinajstić information content (AvgIpc) is 2.29. The van der Waals surface area contributed by atoms with Crippen LogP contribution in [0.2, 0.25) is 0 Å². The minimum Gasteiger partial charge on any atom is -0.377 e. The lowest BCUT2D eigenvalue weighted by molar-refractivity contribution is -0.384. The highest BCUT2D eigenvalue weighted by atomic mass is 16.6. The van der Waals surface area contributed by atoms with Crippen LogP contribution in [0.25, 0.3) is 0 Å². The lowest BCUT2D eigenvalue weighted by atomic mass is 10.1. The molecule has 1 atom stereocenters. The maximum absolute atomic E-state index is 10.8. The Kier molecular flexibility index (Phi) is 3.84. The first-order valence-electron chi connectivity index (χ1n) is 5.03. The van der Waals surface area contributed by atoms with Gasteiger partial charge >= 0.3 is 0 Å². The van der Waals surface area contributed by atoms with Gasteiger partial charge in [0.2, 0.25) is 0 Å². The summed E-state index contributed by atoms with van der Waals surface area (Å²) in [5.74, 6) is 0. The number of nitriles is 1. The van der Waals surface area contributed by atoms with Crippen molar-refractivity contribution in [1.29, 1.82) is 5.26 Å². The van der Waals surface area contributed by atoms with Gasteiger partial charge < -0.3 is 5.32 Å². The van der Waals surface area contributed by atoms with E-state index in [1.54, 1.807) is 12.1 Å². The molecule has 0 aromatic heterocycles. The minimum atomic E-state index is -0.481. The Balaban J connectivity index is 3.09. The molecule has 16 heavy (non-hydrogen) atoms. The molecule has 5 nitrogen and oxygen atoms in total. The first kappa shape index (κ1) is 12.0. The fraction of sp³-hybridized carbons (Fsp3) is 0.364. The van der Waals surface area contributed by atoms with Crippen LogP contribution in [0.1, 0.15) is 25.8 Å². The molecule has 0 aliphatic carbocycles. The van der Waals surface area contributed by atoms with Gasteiger partial charge in [0.25, 0.3) is 5.69 Å². The molecule has 84 valence electrons. The first-order valence-corrected chi connectivity index (χ1v) is 5.03. The molecule has 0 bridgehead atoms. The normalized spacial score (nSPS) is 11.6. The summed E-state index contributed by atoms with van der Waals surface area (Å²) in [4.78, 5) is 10.3. The van der Waals surface area contributed by atoms with Gasteiger partial charge in [0, 0.05) is 12.1 Å². The third-order valence-corrected chi connectivity index (χ3v) is 2.34. The molecule has 0 aliphatic heterocycles. The quantitative estimate of drug-likeness (QED) is 0.623. The predicted octanol–water partition coefficient (Wildman–Crippen LogP) is 2.68. The van der Waals surface area contributed by atoms with E-state index in [0.29, 0.717) is 11.3 Å². The fourth-order valence-electron chi connectivity index (χ4n) is 1.24. The Morgan fingerprint density at radius 3 is 2.81 bits per heavy atom. The zero-order valence-corrected chi connectivity index (χ0v) is 9.23. The van der Waals surface area contributed by atoms with Crippen molar-refractivity contribution in [3.8, 4) is 6.07 Å². The third kappa shape index (κ3) is 2.70. The molecule has 0 amide bonds. The fourth-order valence-corrected chi connectivity index (χ4v) is 1.24. The highest BCUT2D eigenvalue weighted by Gasteiger charge is 2.15. The minimum absolute atomic E-state index is 0.0562. The Bertz CT molecular complexity index is 437. The molecule has 0 saturated heterocycles. The summed E-state index contributed by atoms with van der Waals surface area (Å²) >= 11 is 0. The zero-order valence-electron chi connectivity index (χ0n) is 9.23. The molecule has 0 radical (unpaired) electrons. The van der Waals surface area contributed by atoms with Gasteiger partial charge in [-0.15, -0.1) is 0 Å². The van der Waals surface area contributed by atoms with E-state index in [2.05, 4.69) is 5.32 Å². The number of benzene rings is 1. The van der Waals surface area contributed by atoms with Crippen LogP contribution >= 0.6 is 0 Å². The summed E-state index contributed by atoms with van der Waals surface area (Å²) < 4.78 is 0. The summed E-state index contributed by atoms with van der Waals surface area (Å²) in [6.45, 7) is 3.94. The van der Waals surface area contributed by atoms with Gasteiger partial charge in [0.05, 0.1) is 16.6 Å². The van der Waals surface area contributed by atoms with Gasteiger partial charge in [0.15, 0.2) is 0 Å². The number of hydrogen-bond acceptors (Lipinski definition) is 4. The molecule has 1 aromatic carbocycles. The molecular formula is C11H13N3O2. The summed E-state index contributed by atoms with van der Waals surface area (Å²) in [5.41, 5.74) is 0.694. The van der Waals surface area contributed by atoms with E-state index >= 15 is 0 Å². The smallest absolute Gasteiger partial charge is 0.293 e. The maximum Gasteiger partial charge on any atom is 0.293 e. The van der Waals surface area contributed by atoms with Crippen molar-refractivity contribution >= 4 is 11.4 Å². The lowest BCUT2D eigenvalue weighted by Gasteiger charge is -2.12. The van der Waals surface area contributed by atoms with E-state index in [1.165, 1.54) is 6.07 Å². The molecule has 1 aromatic rings. The molecule has 1 N–H and O–H groups in total. The predicted molar refractivity (Wildman–Crippen MR) is 61.2 cm³/mol. The second-order valence-electron chi connectivity index (χ2n) is 3.55. The number of rotatable bonds is 4. The Labute approximate surface area is 93.9 Å². The topological polar surface area (TPSA) is 79.0 Å². The van der Waals surface area contributed by atoms with Gasteiger partial charge in [0.1, 0.15) is 5.69 Å². The lowest BCUT2D eigenvalue weighted by Crippen LogP contribution is -2.14. The van der Waals surface area contributed by atoms with Crippen LogP contribution in [0.5, 0.6) is 0 Å². The van der Waals surface area contributed by atoms with E-state index in [0.717, 1.165) is 6.42 Å². The summed E-state index contributed by atoms with van der Waals surface area (Å²) in [6.07, 6.45) is 0.872. The molecule has 0 fully saturated rings. The molecule has 0 aliphatic rings. The van der Waals surface area contributed by atoms with Crippen LogP contribution < -0.4 is 5.32 Å². The van der Waals surface area contributed by atoms with Gasteiger partial charge in [-0.05, 0) is 25.5 Å². The average molecular weight is 219 g/mol. The Hall–Kier alpha value is -2.09. The number of nitro groups is 1. The molecule has 5 heteroatoms. The molecular weight excluding hydrogens is 206 g/mol. The number of anilines is 1. The van der Waals surface area contributed by atoms with Crippen molar-refractivity contribution in [2.45, 2.75) is 26.3 Å². The summed E-state index contributed by atoms with van der Waals surface area (Å²) in [5, 5.41) is 22.5. The van der Waals surface area contributed by atoms with Crippen LogP contribution in [0, 0.1) is 21.4 Å². The van der Waals surface area contributed by atoms with Crippen LogP contribution in [-0.2, 0) is 0 Å². The van der Waals surface area contributed by atoms with Gasteiger partial charge in [-0.3, -0.25) is 10.1 Å². The van der Waals surface area contributed by atoms with Crippen LogP contribution in [0.3, 0.4) is 0 Å². The van der Waals surface area contributed by atoms with Crippen LogP contribution in [0.4, 0.5) is 11.4 Å². The van der Waals surface area contributed by atoms with Gasteiger partial charge in [-0.25, -0.2) is 0 Å². The Morgan fingerprint density at radius 1 is 1.62 bits per heavy atom. The number of nitrogens with zero attached hydrogens (tertiary/aromatic N) is 2. The molecule has 0 unspecified atom stereocenters. The zero-order chi connectivity index (χ0) is 12.1. The maximum atomic E-state index is 10.8. The Morgan fingerprint density at radius 2 is 2.31 bits per heavy atom. The molecule has 0 saturated carbocycles. The van der Waals surface area contributed by atoms with Crippen molar-refractivity contribution in [2.24, 2.45) is 0 Å². The second-order valence-corrected chi connectivity index (χ2v) is 3.55. The van der Waals surface area contributed by atoms with Crippen molar-refractivity contribution in [2.75, 3.05) is 5.32 Å². The summed E-state index contributed by atoms with van der Waals surface area (Å²) in [7, 11) is 0.